The molecule has 1 amide bonds. The third kappa shape index (κ3) is 4.40. The van der Waals surface area contributed by atoms with Gasteiger partial charge in [-0.2, -0.15) is 24.9 Å². The van der Waals surface area contributed by atoms with E-state index in [2.05, 4.69) is 15.2 Å². The normalized spacial score (nSPS) is 11.5. The summed E-state index contributed by atoms with van der Waals surface area (Å²) >= 11 is 1.50. The highest BCUT2D eigenvalue weighted by Crippen LogP contribution is 2.14. The van der Waals surface area contributed by atoms with E-state index >= 15 is 0 Å². The maximum Gasteiger partial charge on any atom is 0.276 e. The van der Waals surface area contributed by atoms with Crippen LogP contribution in [-0.4, -0.2) is 20.5 Å². The Morgan fingerprint density at radius 3 is 2.52 bits per heavy atom. The third-order valence-corrected chi connectivity index (χ3v) is 4.35. The van der Waals surface area contributed by atoms with Crippen LogP contribution in [-0.2, 0) is 14.8 Å². The van der Waals surface area contributed by atoms with Crippen molar-refractivity contribution in [3.05, 3.63) is 46.7 Å². The molecule has 0 saturated heterocycles. The number of sulfonamides is 1. The molecule has 0 unspecified atom stereocenters. The third-order valence-electron chi connectivity index (χ3n) is 2.41. The second-order valence-corrected chi connectivity index (χ2v) is 6.56. The predicted octanol–water partition coefficient (Wildman–Crippen LogP) is 2.02. The SMILES string of the molecule is CC(=O)Nc1ccc(S(=O)(=O)N/N=C/c2ccsc2)cc1. The first kappa shape index (κ1) is 15.2. The van der Waals surface area contributed by atoms with E-state index in [1.165, 1.54) is 48.7 Å². The zero-order chi connectivity index (χ0) is 15.3. The molecule has 0 aliphatic carbocycles. The fraction of sp³-hybridized carbons (Fsp3) is 0.0769. The van der Waals surface area contributed by atoms with Gasteiger partial charge in [-0.05, 0) is 41.1 Å². The standard InChI is InChI=1S/C13H13N3O3S2/c1-10(17)15-12-2-4-13(5-3-12)21(18,19)16-14-8-11-6-7-20-9-11/h2-9,16H,1H3,(H,15,17)/b14-8+. The molecule has 2 rings (SSSR count). The molecule has 1 aromatic heterocycles. The highest BCUT2D eigenvalue weighted by Gasteiger charge is 2.12. The Hall–Kier alpha value is -2.19. The number of carbonyl (C=O) groups is 1. The average molecular weight is 323 g/mol. The van der Waals surface area contributed by atoms with Gasteiger partial charge < -0.3 is 5.32 Å². The van der Waals surface area contributed by atoms with Crippen molar-refractivity contribution in [3.8, 4) is 0 Å². The number of nitrogens with zero attached hydrogens (tertiary/aromatic N) is 1. The van der Waals surface area contributed by atoms with Crippen LogP contribution in [0, 0.1) is 0 Å². The summed E-state index contributed by atoms with van der Waals surface area (Å²) in [6.07, 6.45) is 1.43. The van der Waals surface area contributed by atoms with Crippen LogP contribution in [0.25, 0.3) is 0 Å². The topological polar surface area (TPSA) is 87.6 Å². The van der Waals surface area contributed by atoms with Gasteiger partial charge in [0.1, 0.15) is 0 Å². The van der Waals surface area contributed by atoms with Gasteiger partial charge in [-0.3, -0.25) is 4.79 Å². The highest BCUT2D eigenvalue weighted by atomic mass is 32.2. The minimum absolute atomic E-state index is 0.0686. The van der Waals surface area contributed by atoms with Gasteiger partial charge in [0.15, 0.2) is 0 Å². The molecule has 0 aliphatic heterocycles. The van der Waals surface area contributed by atoms with E-state index in [1.807, 2.05) is 16.8 Å². The molecule has 0 spiro atoms. The van der Waals surface area contributed by atoms with Crippen LogP contribution in [0.5, 0.6) is 0 Å². The van der Waals surface area contributed by atoms with Crippen molar-refractivity contribution in [2.45, 2.75) is 11.8 Å². The lowest BCUT2D eigenvalue weighted by molar-refractivity contribution is -0.114. The van der Waals surface area contributed by atoms with E-state index < -0.39 is 10.0 Å². The van der Waals surface area contributed by atoms with Gasteiger partial charge in [-0.1, -0.05) is 0 Å². The summed E-state index contributed by atoms with van der Waals surface area (Å²) in [4.78, 5) is 13.1. The molecule has 8 heteroatoms. The molecule has 0 fully saturated rings. The predicted molar refractivity (Wildman–Crippen MR) is 83.0 cm³/mol. The molecule has 0 saturated carbocycles. The van der Waals surface area contributed by atoms with Gasteiger partial charge in [0.25, 0.3) is 10.0 Å². The molecule has 2 aromatic rings. The lowest BCUT2D eigenvalue weighted by Crippen LogP contribution is -2.18. The van der Waals surface area contributed by atoms with Crippen LogP contribution >= 0.6 is 11.3 Å². The quantitative estimate of drug-likeness (QED) is 0.652. The maximum atomic E-state index is 12.0. The summed E-state index contributed by atoms with van der Waals surface area (Å²) in [6.45, 7) is 1.38. The van der Waals surface area contributed by atoms with Gasteiger partial charge in [0.2, 0.25) is 5.91 Å². The van der Waals surface area contributed by atoms with Crippen molar-refractivity contribution in [1.82, 2.24) is 4.83 Å². The fourth-order valence-electron chi connectivity index (χ4n) is 1.49. The molecule has 110 valence electrons. The monoisotopic (exact) mass is 323 g/mol. The van der Waals surface area contributed by atoms with Crippen molar-refractivity contribution in [2.75, 3.05) is 5.32 Å². The number of hydrogen-bond acceptors (Lipinski definition) is 5. The molecule has 0 radical (unpaired) electrons. The second kappa shape index (κ2) is 6.51. The van der Waals surface area contributed by atoms with E-state index in [0.717, 1.165) is 5.56 Å². The molecule has 0 aliphatic rings. The zero-order valence-corrected chi connectivity index (χ0v) is 12.7. The second-order valence-electron chi connectivity index (χ2n) is 4.12. The Morgan fingerprint density at radius 1 is 1.24 bits per heavy atom. The number of hydrazone groups is 1. The first-order valence-corrected chi connectivity index (χ1v) is 8.35. The fourth-order valence-corrected chi connectivity index (χ4v) is 2.89. The summed E-state index contributed by atoms with van der Waals surface area (Å²) in [5.41, 5.74) is 1.35. The van der Waals surface area contributed by atoms with Crippen LogP contribution in [0.3, 0.4) is 0 Å². The summed E-state index contributed by atoms with van der Waals surface area (Å²) in [7, 11) is -3.72. The van der Waals surface area contributed by atoms with Gasteiger partial charge in [-0.15, -0.1) is 0 Å². The number of rotatable bonds is 5. The number of thiophene rings is 1. The molecule has 0 bridgehead atoms. The Labute approximate surface area is 126 Å². The molecular weight excluding hydrogens is 310 g/mol. The lowest BCUT2D eigenvalue weighted by atomic mass is 10.3. The number of anilines is 1. The molecule has 6 nitrogen and oxygen atoms in total. The minimum Gasteiger partial charge on any atom is -0.326 e. The summed E-state index contributed by atoms with van der Waals surface area (Å²) in [5, 5.41) is 9.99. The molecule has 1 heterocycles. The van der Waals surface area contributed by atoms with Gasteiger partial charge in [-0.25, -0.2) is 4.83 Å². The number of amides is 1. The molecule has 21 heavy (non-hydrogen) atoms. The average Bonchev–Trinajstić information content (AvgIpc) is 2.91. The largest absolute Gasteiger partial charge is 0.326 e. The van der Waals surface area contributed by atoms with E-state index in [4.69, 9.17) is 0 Å². The Kier molecular flexibility index (Phi) is 4.71. The Balaban J connectivity index is 2.07. The summed E-state index contributed by atoms with van der Waals surface area (Å²) < 4.78 is 24.0. The van der Waals surface area contributed by atoms with Crippen LogP contribution in [0.15, 0.2) is 51.1 Å². The molecular formula is C13H13N3O3S2. The number of carbonyl (C=O) groups excluding carboxylic acids is 1. The maximum absolute atomic E-state index is 12.0. The zero-order valence-electron chi connectivity index (χ0n) is 11.1. The van der Waals surface area contributed by atoms with Crippen molar-refractivity contribution in [1.29, 1.82) is 0 Å². The number of benzene rings is 1. The number of nitrogens with one attached hydrogen (secondary N) is 2. The van der Waals surface area contributed by atoms with Crippen LogP contribution in [0.4, 0.5) is 5.69 Å². The summed E-state index contributed by atoms with van der Waals surface area (Å²) in [5.74, 6) is -0.218. The van der Waals surface area contributed by atoms with E-state index in [0.29, 0.717) is 5.69 Å². The van der Waals surface area contributed by atoms with Crippen molar-refractivity contribution < 1.29 is 13.2 Å². The Bertz CT molecular complexity index is 735. The van der Waals surface area contributed by atoms with Gasteiger partial charge in [0.05, 0.1) is 11.1 Å². The van der Waals surface area contributed by atoms with E-state index in [1.54, 1.807) is 0 Å². The van der Waals surface area contributed by atoms with Crippen molar-refractivity contribution in [3.63, 3.8) is 0 Å². The first-order chi connectivity index (χ1) is 9.97. The van der Waals surface area contributed by atoms with Crippen LogP contribution in [0.1, 0.15) is 12.5 Å². The first-order valence-electron chi connectivity index (χ1n) is 5.92. The minimum atomic E-state index is -3.72. The smallest absolute Gasteiger partial charge is 0.276 e. The van der Waals surface area contributed by atoms with Crippen molar-refractivity contribution in [2.24, 2.45) is 5.10 Å². The van der Waals surface area contributed by atoms with Gasteiger partial charge in [0, 0.05) is 18.2 Å². The van der Waals surface area contributed by atoms with Gasteiger partial charge >= 0.3 is 0 Å². The molecule has 0 atom stereocenters. The van der Waals surface area contributed by atoms with Crippen molar-refractivity contribution >= 4 is 39.2 Å². The highest BCUT2D eigenvalue weighted by molar-refractivity contribution is 7.89. The number of hydrogen-bond donors (Lipinski definition) is 2. The van der Waals surface area contributed by atoms with E-state index in [-0.39, 0.29) is 10.8 Å². The summed E-state index contributed by atoms with van der Waals surface area (Å²) in [6, 6.07) is 7.64. The Morgan fingerprint density at radius 2 is 1.95 bits per heavy atom. The molecule has 1 aromatic carbocycles. The van der Waals surface area contributed by atoms with Crippen LogP contribution in [0.2, 0.25) is 0 Å². The van der Waals surface area contributed by atoms with Crippen LogP contribution < -0.4 is 10.1 Å². The lowest BCUT2D eigenvalue weighted by Gasteiger charge is -2.05. The molecule has 2 N–H and O–H groups in total. The van der Waals surface area contributed by atoms with E-state index in [9.17, 15) is 13.2 Å².